The average Bonchev–Trinajstić information content (AvgIpc) is 2.53. The first kappa shape index (κ1) is 13.6. The Morgan fingerprint density at radius 1 is 1.39 bits per heavy atom. The fourth-order valence-electron chi connectivity index (χ4n) is 1.29. The molecule has 100 valence electrons. The second-order valence-electron chi connectivity index (χ2n) is 3.27. The molecule has 0 bridgehead atoms. The van der Waals surface area contributed by atoms with Gasteiger partial charge in [0.05, 0.1) is 0 Å². The molecule has 2 rings (SSSR count). The van der Waals surface area contributed by atoms with E-state index in [9.17, 15) is 22.2 Å². The summed E-state index contributed by atoms with van der Waals surface area (Å²) < 4.78 is 58.8. The van der Waals surface area contributed by atoms with Gasteiger partial charge in [-0.3, -0.25) is 0 Å². The van der Waals surface area contributed by atoms with Crippen LogP contribution in [0.25, 0.3) is 0 Å². The van der Waals surface area contributed by atoms with Crippen molar-refractivity contribution in [3.8, 4) is 0 Å². The third-order valence-corrected chi connectivity index (χ3v) is 9.94. The minimum absolute atomic E-state index is 0.166. The second-order valence-corrected chi connectivity index (χ2v) is 9.46. The van der Waals surface area contributed by atoms with E-state index in [4.69, 9.17) is 3.07 Å². The van der Waals surface area contributed by atoms with Crippen LogP contribution in [-0.2, 0) is 17.6 Å². The molecule has 0 aromatic heterocycles. The number of hydrogen-bond acceptors (Lipinski definition) is 4. The molecule has 1 aliphatic heterocycles. The summed E-state index contributed by atoms with van der Waals surface area (Å²) in [4.78, 5) is 10.5. The summed E-state index contributed by atoms with van der Waals surface area (Å²) in [5.74, 6) is -0.718. The van der Waals surface area contributed by atoms with Gasteiger partial charge < -0.3 is 0 Å². The van der Waals surface area contributed by atoms with Crippen LogP contribution in [0, 0.1) is 3.57 Å². The van der Waals surface area contributed by atoms with E-state index in [-0.39, 0.29) is 8.47 Å². The first-order valence-corrected chi connectivity index (χ1v) is 9.01. The van der Waals surface area contributed by atoms with Gasteiger partial charge in [-0.2, -0.15) is 0 Å². The van der Waals surface area contributed by atoms with Crippen LogP contribution in [0.1, 0.15) is 6.92 Å². The number of hydrogen-bond donors (Lipinski definition) is 0. The zero-order chi connectivity index (χ0) is 13.6. The van der Waals surface area contributed by atoms with E-state index in [1.165, 1.54) is 18.2 Å². The molecule has 0 saturated heterocycles. The van der Waals surface area contributed by atoms with Crippen molar-refractivity contribution in [2.75, 3.05) is 0 Å². The van der Waals surface area contributed by atoms with Crippen LogP contribution >= 0.6 is 20.5 Å². The quantitative estimate of drug-likeness (QED) is 0.690. The summed E-state index contributed by atoms with van der Waals surface area (Å²) in [6, 6.07) is 5.36. The van der Waals surface area contributed by atoms with Crippen LogP contribution < -0.4 is 0 Å². The summed E-state index contributed by atoms with van der Waals surface area (Å²) >= 11 is -3.18. The van der Waals surface area contributed by atoms with Crippen molar-refractivity contribution < 1.29 is 25.2 Å². The van der Waals surface area contributed by atoms with Crippen molar-refractivity contribution >= 4 is 36.2 Å². The second kappa shape index (κ2) is 4.37. The monoisotopic (exact) mass is 393 g/mol. The topological polar surface area (TPSA) is 55.7 Å². The molecule has 1 heterocycles. The normalized spacial score (nSPS) is 24.3. The summed E-state index contributed by atoms with van der Waals surface area (Å²) in [6.07, 6.45) is 0. The van der Waals surface area contributed by atoms with E-state index in [0.29, 0.717) is 0 Å². The van der Waals surface area contributed by atoms with Gasteiger partial charge in [0.1, 0.15) is 0 Å². The van der Waals surface area contributed by atoms with E-state index in [2.05, 4.69) is 2.58 Å². The third-order valence-electron chi connectivity index (χ3n) is 1.96. The predicted molar refractivity (Wildman–Crippen MR) is 65.8 cm³/mol. The Bertz CT molecular complexity index is 622. The van der Waals surface area contributed by atoms with Crippen LogP contribution in [-0.4, -0.2) is 15.7 Å². The van der Waals surface area contributed by atoms with Gasteiger partial charge in [0.15, 0.2) is 0 Å². The number of alkyl halides is 3. The molecule has 0 N–H and O–H groups in total. The van der Waals surface area contributed by atoms with E-state index in [0.717, 1.165) is 13.0 Å². The summed E-state index contributed by atoms with van der Waals surface area (Å²) in [5, 5.41) is 0. The Kier molecular flexibility index (Phi) is 3.30. The van der Waals surface area contributed by atoms with Gasteiger partial charge in [0.25, 0.3) is 0 Å². The van der Waals surface area contributed by atoms with E-state index >= 15 is 0 Å². The molecule has 1 aromatic rings. The zero-order valence-corrected chi connectivity index (χ0v) is 11.9. The zero-order valence-electron chi connectivity index (χ0n) is 8.90. The minimum atomic E-state index is -4.96. The van der Waals surface area contributed by atoms with Gasteiger partial charge in [-0.05, 0) is 0 Å². The van der Waals surface area contributed by atoms with Crippen LogP contribution in [0.15, 0.2) is 31.7 Å². The van der Waals surface area contributed by atoms with Crippen molar-refractivity contribution in [3.63, 3.8) is 0 Å². The fourth-order valence-corrected chi connectivity index (χ4v) is 9.57. The first-order chi connectivity index (χ1) is 8.25. The van der Waals surface area contributed by atoms with Crippen molar-refractivity contribution in [2.45, 2.75) is 17.3 Å². The number of halogens is 4. The predicted octanol–water partition coefficient (Wildman–Crippen LogP) is 3.12. The van der Waals surface area contributed by atoms with Crippen molar-refractivity contribution in [2.24, 2.45) is 2.58 Å². The molecule has 9 heteroatoms. The molecule has 0 fully saturated rings. The fraction of sp³-hybridized carbons (Fsp3) is 0.222. The standard InChI is InChI=1S/C9H7F3INO3S/c1-6(15)17-13-7-4-2-3-5-8(7)18(16,14-13)9(10,11)12/h2-5H,1H3. The SMILES string of the molecule is CC(=O)OI1N=S(=O)(C(F)(F)F)c2ccccc21. The number of nitrogens with zero attached hydrogens (tertiary/aromatic N) is 1. The Morgan fingerprint density at radius 2 is 2.00 bits per heavy atom. The van der Waals surface area contributed by atoms with Crippen molar-refractivity contribution in [3.05, 3.63) is 27.8 Å². The van der Waals surface area contributed by atoms with Gasteiger partial charge in [-0.25, -0.2) is 0 Å². The summed E-state index contributed by atoms with van der Waals surface area (Å²) in [5.41, 5.74) is -4.96. The average molecular weight is 393 g/mol. The van der Waals surface area contributed by atoms with Gasteiger partial charge in [-0.15, -0.1) is 0 Å². The van der Waals surface area contributed by atoms with Gasteiger partial charge >= 0.3 is 109 Å². The number of carbonyl (C=O) groups excluding carboxylic acids is 1. The Hall–Kier alpha value is -0.840. The van der Waals surface area contributed by atoms with Crippen LogP contribution in [0.2, 0.25) is 0 Å². The number of fused-ring (bicyclic) bond motifs is 1. The third kappa shape index (κ3) is 2.09. The van der Waals surface area contributed by atoms with Gasteiger partial charge in [0.2, 0.25) is 0 Å². The van der Waals surface area contributed by atoms with Crippen molar-refractivity contribution in [1.29, 1.82) is 0 Å². The number of carbonyl (C=O) groups is 1. The van der Waals surface area contributed by atoms with Crippen molar-refractivity contribution in [1.82, 2.24) is 0 Å². The van der Waals surface area contributed by atoms with E-state index in [1.807, 2.05) is 0 Å². The van der Waals surface area contributed by atoms with E-state index in [1.54, 1.807) is 0 Å². The Labute approximate surface area is 109 Å². The molecule has 1 aliphatic rings. The van der Waals surface area contributed by atoms with Gasteiger partial charge in [-0.1, -0.05) is 0 Å². The molecule has 0 aliphatic carbocycles. The van der Waals surface area contributed by atoms with Crippen LogP contribution in [0.4, 0.5) is 13.2 Å². The van der Waals surface area contributed by atoms with Crippen LogP contribution in [0.3, 0.4) is 0 Å². The molecular formula is C9H7F3INO3S. The molecule has 1 aromatic carbocycles. The van der Waals surface area contributed by atoms with Gasteiger partial charge in [0, 0.05) is 0 Å². The van der Waals surface area contributed by atoms with E-state index < -0.39 is 41.7 Å². The number of rotatable bonds is 1. The molecule has 0 radical (unpaired) electrons. The Balaban J connectivity index is 2.63. The maximum absolute atomic E-state index is 12.8. The number of benzene rings is 1. The molecule has 1 atom stereocenters. The first-order valence-electron chi connectivity index (χ1n) is 4.57. The summed E-state index contributed by atoms with van der Waals surface area (Å²) in [7, 11) is -4.51. The molecule has 18 heavy (non-hydrogen) atoms. The molecule has 0 amide bonds. The molecule has 1 unspecified atom stereocenters. The Morgan fingerprint density at radius 3 is 2.56 bits per heavy atom. The molecule has 0 spiro atoms. The van der Waals surface area contributed by atoms with Crippen LogP contribution in [0.5, 0.6) is 0 Å². The molecule has 4 nitrogen and oxygen atoms in total. The summed E-state index contributed by atoms with van der Waals surface area (Å²) in [6.45, 7) is 1.09. The maximum atomic E-state index is 12.8. The molecule has 0 saturated carbocycles. The molecular weight excluding hydrogens is 386 g/mol.